The first-order valence-electron chi connectivity index (χ1n) is 6.05. The number of nitrogens with one attached hydrogen (secondary N) is 1. The Bertz CT molecular complexity index is 340. The van der Waals surface area contributed by atoms with E-state index in [0.717, 1.165) is 0 Å². The monoisotopic (exact) mass is 258 g/mol. The molecule has 0 unspecified atom stereocenters. The summed E-state index contributed by atoms with van der Waals surface area (Å²) >= 11 is 0. The summed E-state index contributed by atoms with van der Waals surface area (Å²) in [5, 5.41) is 12.2. The Morgan fingerprint density at radius 2 is 1.83 bits per heavy atom. The van der Waals surface area contributed by atoms with Gasteiger partial charge in [0.25, 0.3) is 0 Å². The molecule has 1 aliphatic rings. The van der Waals surface area contributed by atoms with Gasteiger partial charge in [-0.2, -0.15) is 0 Å². The molecule has 6 nitrogen and oxygen atoms in total. The number of hydrogen-bond acceptors (Lipinski definition) is 4. The van der Waals surface area contributed by atoms with Crippen LogP contribution in [0.25, 0.3) is 0 Å². The molecule has 6 heteroatoms. The van der Waals surface area contributed by atoms with Crippen LogP contribution < -0.4 is 5.32 Å². The van der Waals surface area contributed by atoms with E-state index in [0.29, 0.717) is 0 Å². The third-order valence-electron chi connectivity index (χ3n) is 2.55. The molecule has 1 aliphatic heterocycles. The van der Waals surface area contributed by atoms with E-state index < -0.39 is 23.2 Å². The van der Waals surface area contributed by atoms with E-state index in [1.165, 1.54) is 4.90 Å². The highest BCUT2D eigenvalue weighted by Gasteiger charge is 2.52. The number of aliphatic carboxylic acids is 1. The van der Waals surface area contributed by atoms with Gasteiger partial charge >= 0.3 is 12.1 Å². The van der Waals surface area contributed by atoms with Crippen LogP contribution in [0.3, 0.4) is 0 Å². The van der Waals surface area contributed by atoms with Crippen molar-refractivity contribution in [2.75, 3.05) is 13.1 Å². The first kappa shape index (κ1) is 14.8. The number of carboxylic acid groups (broad SMARTS) is 1. The fourth-order valence-electron chi connectivity index (χ4n) is 1.90. The molecule has 0 aromatic rings. The number of carboxylic acids is 1. The molecular weight excluding hydrogens is 236 g/mol. The highest BCUT2D eigenvalue weighted by molar-refractivity contribution is 5.84. The van der Waals surface area contributed by atoms with Crippen molar-refractivity contribution in [3.8, 4) is 0 Å². The van der Waals surface area contributed by atoms with Crippen molar-refractivity contribution < 1.29 is 19.4 Å². The summed E-state index contributed by atoms with van der Waals surface area (Å²) in [7, 11) is 0. The lowest BCUT2D eigenvalue weighted by Crippen LogP contribution is -2.75. The van der Waals surface area contributed by atoms with Crippen molar-refractivity contribution in [2.24, 2.45) is 0 Å². The van der Waals surface area contributed by atoms with Crippen LogP contribution in [0.15, 0.2) is 0 Å². The molecule has 1 fully saturated rings. The smallest absolute Gasteiger partial charge is 0.410 e. The standard InChI is InChI=1S/C12H22N2O4/c1-8(2)13-12(9(15)16)6-14(7-12)10(17)18-11(3,4)5/h8,13H,6-7H2,1-5H3,(H,15,16). The molecule has 0 atom stereocenters. The van der Waals surface area contributed by atoms with E-state index in [1.807, 2.05) is 13.8 Å². The fraction of sp³-hybridized carbons (Fsp3) is 0.833. The molecule has 0 saturated carbocycles. The average molecular weight is 258 g/mol. The lowest BCUT2D eigenvalue weighted by Gasteiger charge is -2.48. The molecule has 0 aromatic heterocycles. The Morgan fingerprint density at radius 1 is 1.33 bits per heavy atom. The summed E-state index contributed by atoms with van der Waals surface area (Å²) in [6.45, 7) is 9.36. The van der Waals surface area contributed by atoms with E-state index in [4.69, 9.17) is 4.74 Å². The van der Waals surface area contributed by atoms with Crippen LogP contribution >= 0.6 is 0 Å². The largest absolute Gasteiger partial charge is 0.480 e. The summed E-state index contributed by atoms with van der Waals surface area (Å²) in [4.78, 5) is 24.4. The van der Waals surface area contributed by atoms with Crippen LogP contribution in [0.2, 0.25) is 0 Å². The van der Waals surface area contributed by atoms with Crippen molar-refractivity contribution in [1.82, 2.24) is 10.2 Å². The number of nitrogens with zero attached hydrogens (tertiary/aromatic N) is 1. The van der Waals surface area contributed by atoms with Crippen molar-refractivity contribution in [3.05, 3.63) is 0 Å². The molecular formula is C12H22N2O4. The zero-order valence-electron chi connectivity index (χ0n) is 11.6. The van der Waals surface area contributed by atoms with Gasteiger partial charge in [-0.15, -0.1) is 0 Å². The maximum Gasteiger partial charge on any atom is 0.410 e. The first-order valence-corrected chi connectivity index (χ1v) is 6.05. The van der Waals surface area contributed by atoms with Gasteiger partial charge in [0.05, 0.1) is 13.1 Å². The number of ether oxygens (including phenoxy) is 1. The average Bonchev–Trinajstić information content (AvgIpc) is 2.05. The normalized spacial score (nSPS) is 18.4. The number of likely N-dealkylation sites (tertiary alicyclic amines) is 1. The van der Waals surface area contributed by atoms with E-state index in [9.17, 15) is 14.7 Å². The summed E-state index contributed by atoms with van der Waals surface area (Å²) in [5.74, 6) is -0.934. The number of carbonyl (C=O) groups excluding carboxylic acids is 1. The minimum Gasteiger partial charge on any atom is -0.480 e. The number of hydrogen-bond donors (Lipinski definition) is 2. The highest BCUT2D eigenvalue weighted by atomic mass is 16.6. The summed E-state index contributed by atoms with van der Waals surface area (Å²) in [5.41, 5.74) is -1.60. The van der Waals surface area contributed by atoms with Gasteiger partial charge in [0.1, 0.15) is 5.60 Å². The lowest BCUT2D eigenvalue weighted by atomic mass is 9.89. The van der Waals surface area contributed by atoms with Gasteiger partial charge < -0.3 is 14.7 Å². The predicted octanol–water partition coefficient (Wildman–Crippen LogP) is 1.06. The van der Waals surface area contributed by atoms with Crippen molar-refractivity contribution in [2.45, 2.75) is 51.8 Å². The fourth-order valence-corrected chi connectivity index (χ4v) is 1.90. The van der Waals surface area contributed by atoms with Crippen LogP contribution in [0.4, 0.5) is 4.79 Å². The second-order valence-corrected chi connectivity index (χ2v) is 6.02. The molecule has 0 aliphatic carbocycles. The SMILES string of the molecule is CC(C)NC1(C(=O)O)CN(C(=O)OC(C)(C)C)C1. The van der Waals surface area contributed by atoms with Crippen molar-refractivity contribution in [3.63, 3.8) is 0 Å². The molecule has 0 radical (unpaired) electrons. The van der Waals surface area contributed by atoms with Crippen LogP contribution in [0.5, 0.6) is 0 Å². The second-order valence-electron chi connectivity index (χ2n) is 6.02. The molecule has 0 aromatic carbocycles. The zero-order valence-corrected chi connectivity index (χ0v) is 11.6. The maximum absolute atomic E-state index is 11.7. The minimum absolute atomic E-state index is 0.0434. The molecule has 2 N–H and O–H groups in total. The Hall–Kier alpha value is -1.30. The van der Waals surface area contributed by atoms with Gasteiger partial charge in [0.15, 0.2) is 5.54 Å². The van der Waals surface area contributed by atoms with E-state index >= 15 is 0 Å². The van der Waals surface area contributed by atoms with E-state index in [2.05, 4.69) is 5.32 Å². The molecule has 0 bridgehead atoms. The lowest BCUT2D eigenvalue weighted by molar-refractivity contribution is -0.152. The number of amides is 1. The van der Waals surface area contributed by atoms with Crippen LogP contribution in [-0.4, -0.2) is 52.3 Å². The number of carbonyl (C=O) groups is 2. The molecule has 1 saturated heterocycles. The van der Waals surface area contributed by atoms with E-state index in [-0.39, 0.29) is 19.1 Å². The second kappa shape index (κ2) is 4.76. The Morgan fingerprint density at radius 3 is 2.17 bits per heavy atom. The number of rotatable bonds is 3. The Balaban J connectivity index is 2.59. The quantitative estimate of drug-likeness (QED) is 0.791. The minimum atomic E-state index is -1.04. The van der Waals surface area contributed by atoms with Gasteiger partial charge in [-0.25, -0.2) is 4.79 Å². The molecule has 1 amide bonds. The molecule has 104 valence electrons. The van der Waals surface area contributed by atoms with E-state index in [1.54, 1.807) is 20.8 Å². The molecule has 1 heterocycles. The van der Waals surface area contributed by atoms with Crippen LogP contribution in [0.1, 0.15) is 34.6 Å². The first-order chi connectivity index (χ1) is 8.06. The van der Waals surface area contributed by atoms with Crippen LogP contribution in [-0.2, 0) is 9.53 Å². The molecule has 18 heavy (non-hydrogen) atoms. The molecule has 0 spiro atoms. The summed E-state index contributed by atoms with van der Waals surface area (Å²) < 4.78 is 5.19. The Labute approximate surface area is 107 Å². The summed E-state index contributed by atoms with van der Waals surface area (Å²) in [6, 6.07) is 0.0434. The van der Waals surface area contributed by atoms with Crippen molar-refractivity contribution >= 4 is 12.1 Å². The zero-order chi connectivity index (χ0) is 14.1. The van der Waals surface area contributed by atoms with Gasteiger partial charge in [-0.1, -0.05) is 0 Å². The van der Waals surface area contributed by atoms with Crippen LogP contribution in [0, 0.1) is 0 Å². The predicted molar refractivity (Wildman–Crippen MR) is 66.4 cm³/mol. The third-order valence-corrected chi connectivity index (χ3v) is 2.55. The van der Waals surface area contributed by atoms with Gasteiger partial charge in [-0.3, -0.25) is 10.1 Å². The topological polar surface area (TPSA) is 78.9 Å². The van der Waals surface area contributed by atoms with Crippen molar-refractivity contribution in [1.29, 1.82) is 0 Å². The van der Waals surface area contributed by atoms with Gasteiger partial charge in [0.2, 0.25) is 0 Å². The molecule has 1 rings (SSSR count). The van der Waals surface area contributed by atoms with Gasteiger partial charge in [0, 0.05) is 6.04 Å². The maximum atomic E-state index is 11.7. The highest BCUT2D eigenvalue weighted by Crippen LogP contribution is 2.24. The summed E-state index contributed by atoms with van der Waals surface area (Å²) in [6.07, 6.45) is -0.468. The van der Waals surface area contributed by atoms with Gasteiger partial charge in [-0.05, 0) is 34.6 Å². The Kier molecular flexibility index (Phi) is 3.90. The third kappa shape index (κ3) is 3.35.